The van der Waals surface area contributed by atoms with Crippen LogP contribution < -0.4 is 0 Å². The number of nitrogens with zero attached hydrogens (tertiary/aromatic N) is 2. The van der Waals surface area contributed by atoms with Gasteiger partial charge in [0.15, 0.2) is 5.82 Å². The monoisotopic (exact) mass is 252 g/mol. The molecule has 90 valence electrons. The van der Waals surface area contributed by atoms with Crippen molar-refractivity contribution in [2.45, 2.75) is 6.92 Å². The van der Waals surface area contributed by atoms with Gasteiger partial charge in [0.25, 0.3) is 0 Å². The first-order chi connectivity index (χ1) is 7.88. The molecule has 0 amide bonds. The maximum absolute atomic E-state index is 11.6. The van der Waals surface area contributed by atoms with E-state index in [1.807, 2.05) is 0 Å². The van der Waals surface area contributed by atoms with Crippen molar-refractivity contribution in [1.82, 2.24) is 8.96 Å². The summed E-state index contributed by atoms with van der Waals surface area (Å²) in [5.74, 6) is 0.379. The van der Waals surface area contributed by atoms with Crippen LogP contribution in [0.25, 0.3) is 11.4 Å². The van der Waals surface area contributed by atoms with E-state index in [1.165, 1.54) is 18.3 Å². The lowest BCUT2D eigenvalue weighted by molar-refractivity contribution is 0.475. The van der Waals surface area contributed by atoms with Gasteiger partial charge in [-0.15, -0.1) is 0 Å². The first-order valence-electron chi connectivity index (χ1n) is 4.94. The molecule has 5 nitrogen and oxygen atoms in total. The summed E-state index contributed by atoms with van der Waals surface area (Å²) in [5.41, 5.74) is 1.16. The van der Waals surface area contributed by atoms with E-state index in [0.717, 1.165) is 10.2 Å². The third-order valence-electron chi connectivity index (χ3n) is 2.26. The number of phenols is 1. The van der Waals surface area contributed by atoms with Crippen molar-refractivity contribution >= 4 is 10.0 Å². The quantitative estimate of drug-likeness (QED) is 0.876. The Hall–Kier alpha value is -1.82. The van der Waals surface area contributed by atoms with Gasteiger partial charge in [-0.25, -0.2) is 17.4 Å². The van der Waals surface area contributed by atoms with Crippen LogP contribution in [-0.4, -0.2) is 28.7 Å². The molecule has 0 fully saturated rings. The van der Waals surface area contributed by atoms with Gasteiger partial charge < -0.3 is 5.11 Å². The minimum absolute atomic E-state index is 0.0724. The standard InChI is InChI=1S/C11H12N2O3S/c1-8-7-13(17(2,15)16)11(12-8)9-4-3-5-10(14)6-9/h3-7,14H,1-2H3. The van der Waals surface area contributed by atoms with Crippen molar-refractivity contribution in [3.63, 3.8) is 0 Å². The molecule has 17 heavy (non-hydrogen) atoms. The Kier molecular flexibility index (Phi) is 2.66. The topological polar surface area (TPSA) is 72.2 Å². The fourth-order valence-electron chi connectivity index (χ4n) is 1.57. The highest BCUT2D eigenvalue weighted by Crippen LogP contribution is 2.23. The van der Waals surface area contributed by atoms with E-state index < -0.39 is 10.0 Å². The van der Waals surface area contributed by atoms with Gasteiger partial charge in [0, 0.05) is 11.8 Å². The van der Waals surface area contributed by atoms with Gasteiger partial charge in [-0.1, -0.05) is 12.1 Å². The summed E-state index contributed by atoms with van der Waals surface area (Å²) < 4.78 is 24.3. The molecule has 0 bridgehead atoms. The second kappa shape index (κ2) is 3.89. The Balaban J connectivity index is 2.68. The Morgan fingerprint density at radius 2 is 2.06 bits per heavy atom. The van der Waals surface area contributed by atoms with Crippen LogP contribution in [-0.2, 0) is 10.0 Å². The Morgan fingerprint density at radius 1 is 1.35 bits per heavy atom. The van der Waals surface area contributed by atoms with Gasteiger partial charge in [0.1, 0.15) is 5.75 Å². The van der Waals surface area contributed by atoms with Crippen LogP contribution in [0.1, 0.15) is 5.69 Å². The number of benzene rings is 1. The summed E-state index contributed by atoms with van der Waals surface area (Å²) in [5, 5.41) is 9.39. The van der Waals surface area contributed by atoms with Crippen molar-refractivity contribution in [1.29, 1.82) is 0 Å². The zero-order valence-corrected chi connectivity index (χ0v) is 10.3. The lowest BCUT2D eigenvalue weighted by Crippen LogP contribution is -2.10. The summed E-state index contributed by atoms with van der Waals surface area (Å²) in [6.07, 6.45) is 2.56. The van der Waals surface area contributed by atoms with E-state index in [2.05, 4.69) is 4.98 Å². The summed E-state index contributed by atoms with van der Waals surface area (Å²) in [6, 6.07) is 6.33. The highest BCUT2D eigenvalue weighted by Gasteiger charge is 2.15. The molecule has 2 aromatic rings. The third kappa shape index (κ3) is 2.31. The van der Waals surface area contributed by atoms with Crippen LogP contribution in [0.2, 0.25) is 0 Å². The summed E-state index contributed by atoms with van der Waals surface area (Å²) in [4.78, 5) is 4.16. The second-order valence-electron chi connectivity index (χ2n) is 3.82. The number of aromatic hydroxyl groups is 1. The maximum Gasteiger partial charge on any atom is 0.237 e. The zero-order valence-electron chi connectivity index (χ0n) is 9.45. The average molecular weight is 252 g/mol. The smallest absolute Gasteiger partial charge is 0.237 e. The van der Waals surface area contributed by atoms with E-state index in [9.17, 15) is 13.5 Å². The third-order valence-corrected chi connectivity index (χ3v) is 3.25. The van der Waals surface area contributed by atoms with Crippen LogP contribution in [0.5, 0.6) is 5.75 Å². The van der Waals surface area contributed by atoms with Crippen LogP contribution in [0.3, 0.4) is 0 Å². The SMILES string of the molecule is Cc1cn(S(C)(=O)=O)c(-c2cccc(O)c2)n1. The predicted molar refractivity (Wildman–Crippen MR) is 64.3 cm³/mol. The molecule has 2 rings (SSSR count). The van der Waals surface area contributed by atoms with Crippen molar-refractivity contribution in [2.24, 2.45) is 0 Å². The lowest BCUT2D eigenvalue weighted by Gasteiger charge is -2.05. The van der Waals surface area contributed by atoms with Crippen molar-refractivity contribution in [3.05, 3.63) is 36.2 Å². The fourth-order valence-corrected chi connectivity index (χ4v) is 2.37. The highest BCUT2D eigenvalue weighted by atomic mass is 32.2. The average Bonchev–Trinajstić information content (AvgIpc) is 2.60. The largest absolute Gasteiger partial charge is 0.508 e. The first-order valence-corrected chi connectivity index (χ1v) is 6.79. The summed E-state index contributed by atoms with van der Waals surface area (Å²) >= 11 is 0. The molecule has 6 heteroatoms. The molecule has 0 saturated heterocycles. The number of hydrogen-bond acceptors (Lipinski definition) is 4. The van der Waals surface area contributed by atoms with Crippen molar-refractivity contribution < 1.29 is 13.5 Å². The molecule has 0 unspecified atom stereocenters. The Morgan fingerprint density at radius 3 is 2.65 bits per heavy atom. The summed E-state index contributed by atoms with van der Waals surface area (Å²) in [7, 11) is -3.40. The van der Waals surface area contributed by atoms with Crippen LogP contribution in [0, 0.1) is 6.92 Å². The number of phenolic OH excluding ortho intramolecular Hbond substituents is 1. The van der Waals surface area contributed by atoms with Gasteiger partial charge in [-0.3, -0.25) is 0 Å². The minimum atomic E-state index is -3.40. The van der Waals surface area contributed by atoms with E-state index in [4.69, 9.17) is 0 Å². The highest BCUT2D eigenvalue weighted by molar-refractivity contribution is 7.89. The minimum Gasteiger partial charge on any atom is -0.508 e. The van der Waals surface area contributed by atoms with Gasteiger partial charge in [-0.2, -0.15) is 0 Å². The van der Waals surface area contributed by atoms with E-state index in [-0.39, 0.29) is 5.75 Å². The van der Waals surface area contributed by atoms with E-state index >= 15 is 0 Å². The molecule has 0 spiro atoms. The first kappa shape index (κ1) is 11.7. The number of imidazole rings is 1. The molecule has 0 saturated carbocycles. The normalized spacial score (nSPS) is 11.6. The summed E-state index contributed by atoms with van der Waals surface area (Å²) in [6.45, 7) is 1.72. The van der Waals surface area contributed by atoms with E-state index in [0.29, 0.717) is 17.1 Å². The Bertz CT molecular complexity index is 659. The van der Waals surface area contributed by atoms with Crippen LogP contribution >= 0.6 is 0 Å². The molecule has 1 aromatic heterocycles. The Labute approximate surface area is 99.4 Å². The van der Waals surface area contributed by atoms with E-state index in [1.54, 1.807) is 19.1 Å². The fraction of sp³-hybridized carbons (Fsp3) is 0.182. The molecule has 0 aliphatic carbocycles. The molecular weight excluding hydrogens is 240 g/mol. The van der Waals surface area contributed by atoms with Gasteiger partial charge in [0.2, 0.25) is 10.0 Å². The van der Waals surface area contributed by atoms with Crippen LogP contribution in [0.4, 0.5) is 0 Å². The molecule has 1 heterocycles. The number of aryl methyl sites for hydroxylation is 1. The second-order valence-corrected chi connectivity index (χ2v) is 5.67. The van der Waals surface area contributed by atoms with Crippen molar-refractivity contribution in [2.75, 3.05) is 6.26 Å². The van der Waals surface area contributed by atoms with Gasteiger partial charge in [0.05, 0.1) is 11.9 Å². The van der Waals surface area contributed by atoms with Gasteiger partial charge >= 0.3 is 0 Å². The molecule has 0 aliphatic heterocycles. The van der Waals surface area contributed by atoms with Crippen LogP contribution in [0.15, 0.2) is 30.5 Å². The number of rotatable bonds is 2. The number of aromatic nitrogens is 2. The maximum atomic E-state index is 11.6. The molecule has 1 aromatic carbocycles. The molecule has 0 radical (unpaired) electrons. The lowest BCUT2D eigenvalue weighted by atomic mass is 10.2. The molecule has 1 N–H and O–H groups in total. The number of hydrogen-bond donors (Lipinski definition) is 1. The zero-order chi connectivity index (χ0) is 12.6. The molecule has 0 aliphatic rings. The molecule has 0 atom stereocenters. The molecular formula is C11H12N2O3S. The van der Waals surface area contributed by atoms with Gasteiger partial charge in [-0.05, 0) is 19.1 Å². The predicted octanol–water partition coefficient (Wildman–Crippen LogP) is 1.37. The van der Waals surface area contributed by atoms with Crippen molar-refractivity contribution in [3.8, 4) is 17.1 Å².